The first kappa shape index (κ1) is 26.4. The Hall–Kier alpha value is -2.21. The summed E-state index contributed by atoms with van der Waals surface area (Å²) in [5.74, 6) is 1.06. The van der Waals surface area contributed by atoms with Crippen LogP contribution in [-0.4, -0.2) is 65.8 Å². The number of aliphatic hydroxyl groups excluding tert-OH is 1. The Labute approximate surface area is 222 Å². The molecule has 2 aromatic rings. The van der Waals surface area contributed by atoms with Gasteiger partial charge in [-0.05, 0) is 67.2 Å². The van der Waals surface area contributed by atoms with E-state index in [1.807, 2.05) is 36.9 Å². The molecule has 2 fully saturated rings. The van der Waals surface area contributed by atoms with E-state index in [-0.39, 0.29) is 5.91 Å². The van der Waals surface area contributed by atoms with Crippen molar-refractivity contribution in [1.29, 1.82) is 0 Å². The predicted octanol–water partition coefficient (Wildman–Crippen LogP) is 4.71. The first-order chi connectivity index (χ1) is 17.9. The van der Waals surface area contributed by atoms with E-state index in [0.29, 0.717) is 44.0 Å². The number of likely N-dealkylation sites (tertiary alicyclic amines) is 1. The van der Waals surface area contributed by atoms with Gasteiger partial charge in [0.25, 0.3) is 0 Å². The fraction of sp³-hybridized carbons (Fsp3) is 0.594. The number of aliphatic hydroxyl groups is 1. The van der Waals surface area contributed by atoms with Crippen molar-refractivity contribution in [3.05, 3.63) is 71.3 Å². The highest BCUT2D eigenvalue weighted by Crippen LogP contribution is 2.35. The molecule has 0 saturated carbocycles. The Morgan fingerprint density at radius 1 is 0.919 bits per heavy atom. The minimum Gasteiger partial charge on any atom is -0.391 e. The van der Waals surface area contributed by atoms with E-state index in [0.717, 1.165) is 57.4 Å². The molecule has 37 heavy (non-hydrogen) atoms. The topological polar surface area (TPSA) is 53.0 Å². The van der Waals surface area contributed by atoms with Crippen LogP contribution < -0.4 is 0 Å². The van der Waals surface area contributed by atoms with E-state index in [1.165, 1.54) is 11.1 Å². The van der Waals surface area contributed by atoms with Gasteiger partial charge in [0, 0.05) is 44.1 Å². The third-order valence-corrected chi connectivity index (χ3v) is 9.11. The standard InChI is InChI=1S/C32H44N2O3/c1-32(2)23-37-16-8-13-28-21-33(29-17-25-11-6-7-12-26(25)18-29)15-14-27(28)19-31(36)34(22-30(32)35)20-24-9-4-3-5-10-24/h3-7,9-12,27-30,35H,8,13-23H2,1-2H3/t27-,28-,30-/m0/s1. The lowest BCUT2D eigenvalue weighted by Gasteiger charge is -2.42. The molecule has 0 bridgehead atoms. The lowest BCUT2D eigenvalue weighted by atomic mass is 9.79. The van der Waals surface area contributed by atoms with Crippen molar-refractivity contribution in [3.63, 3.8) is 0 Å². The van der Waals surface area contributed by atoms with Crippen molar-refractivity contribution >= 4 is 5.91 Å². The highest BCUT2D eigenvalue weighted by Gasteiger charge is 2.37. The maximum atomic E-state index is 13.8. The Bertz CT molecular complexity index is 1010. The third kappa shape index (κ3) is 6.45. The number of carbonyl (C=O) groups is 1. The van der Waals surface area contributed by atoms with Crippen LogP contribution in [0.3, 0.4) is 0 Å². The van der Waals surface area contributed by atoms with Crippen LogP contribution in [0.2, 0.25) is 0 Å². The number of hydrogen-bond acceptors (Lipinski definition) is 4. The zero-order valence-corrected chi connectivity index (χ0v) is 22.6. The van der Waals surface area contributed by atoms with E-state index in [4.69, 9.17) is 4.74 Å². The van der Waals surface area contributed by atoms with Crippen molar-refractivity contribution in [3.8, 4) is 0 Å². The third-order valence-electron chi connectivity index (χ3n) is 9.11. The van der Waals surface area contributed by atoms with Crippen LogP contribution in [0.1, 0.15) is 56.2 Å². The average molecular weight is 505 g/mol. The van der Waals surface area contributed by atoms with Crippen molar-refractivity contribution in [1.82, 2.24) is 9.80 Å². The lowest BCUT2D eigenvalue weighted by Crippen LogP contribution is -2.48. The molecule has 0 spiro atoms. The molecule has 1 N–H and O–H groups in total. The maximum Gasteiger partial charge on any atom is 0.223 e. The number of rotatable bonds is 3. The number of nitrogens with zero attached hydrogens (tertiary/aromatic N) is 2. The molecule has 3 aliphatic rings. The van der Waals surface area contributed by atoms with Crippen molar-refractivity contribution in [2.75, 3.05) is 32.8 Å². The number of β-amino-alcohol motifs (C(OH)–C–C–N with tert-alkyl or cyclic N) is 1. The minimum atomic E-state index is -0.637. The number of hydrogen-bond donors (Lipinski definition) is 1. The van der Waals surface area contributed by atoms with Crippen LogP contribution >= 0.6 is 0 Å². The van der Waals surface area contributed by atoms with Crippen LogP contribution in [0.15, 0.2) is 54.6 Å². The largest absolute Gasteiger partial charge is 0.391 e. The summed E-state index contributed by atoms with van der Waals surface area (Å²) in [6.07, 6.45) is 5.40. The summed E-state index contributed by atoms with van der Waals surface area (Å²) in [6.45, 7) is 8.32. The Balaban J connectivity index is 1.31. The van der Waals surface area contributed by atoms with Gasteiger partial charge < -0.3 is 14.7 Å². The summed E-state index contributed by atoms with van der Waals surface area (Å²) >= 11 is 0. The van der Waals surface area contributed by atoms with Crippen LogP contribution in [0.25, 0.3) is 0 Å². The fourth-order valence-electron chi connectivity index (χ4n) is 6.58. The van der Waals surface area contributed by atoms with Crippen LogP contribution in [0.4, 0.5) is 0 Å². The monoisotopic (exact) mass is 504 g/mol. The van der Waals surface area contributed by atoms with Crippen molar-refractivity contribution in [2.45, 2.75) is 71.1 Å². The predicted molar refractivity (Wildman–Crippen MR) is 147 cm³/mol. The van der Waals surface area contributed by atoms with Crippen LogP contribution in [0.5, 0.6) is 0 Å². The number of ether oxygens (including phenoxy) is 1. The highest BCUT2D eigenvalue weighted by molar-refractivity contribution is 5.76. The molecule has 5 rings (SSSR count). The second kappa shape index (κ2) is 11.7. The summed E-state index contributed by atoms with van der Waals surface area (Å²) in [4.78, 5) is 18.4. The normalized spacial score (nSPS) is 28.0. The van der Waals surface area contributed by atoms with Crippen molar-refractivity contribution < 1.29 is 14.6 Å². The molecule has 0 unspecified atom stereocenters. The summed E-state index contributed by atoms with van der Waals surface area (Å²) in [5, 5.41) is 11.1. The van der Waals surface area contributed by atoms with Gasteiger partial charge in [-0.25, -0.2) is 0 Å². The van der Waals surface area contributed by atoms with E-state index < -0.39 is 11.5 Å². The summed E-state index contributed by atoms with van der Waals surface area (Å²) < 4.78 is 6.08. The Morgan fingerprint density at radius 2 is 1.62 bits per heavy atom. The van der Waals surface area contributed by atoms with Gasteiger partial charge >= 0.3 is 0 Å². The molecular weight excluding hydrogens is 460 g/mol. The molecule has 3 atom stereocenters. The van der Waals surface area contributed by atoms with Gasteiger partial charge in [0.1, 0.15) is 0 Å². The zero-order valence-electron chi connectivity index (χ0n) is 22.6. The second-order valence-electron chi connectivity index (χ2n) is 12.3. The number of benzene rings is 2. The number of fused-ring (bicyclic) bond motifs is 2. The van der Waals surface area contributed by atoms with Gasteiger partial charge in [-0.2, -0.15) is 0 Å². The molecule has 1 aliphatic carbocycles. The van der Waals surface area contributed by atoms with E-state index in [1.54, 1.807) is 0 Å². The van der Waals surface area contributed by atoms with Crippen molar-refractivity contribution in [2.24, 2.45) is 17.3 Å². The van der Waals surface area contributed by atoms with Crippen LogP contribution in [-0.2, 0) is 28.9 Å². The Morgan fingerprint density at radius 3 is 2.35 bits per heavy atom. The van der Waals surface area contributed by atoms with Gasteiger partial charge in [0.05, 0.1) is 12.7 Å². The van der Waals surface area contributed by atoms with Gasteiger partial charge in [-0.15, -0.1) is 0 Å². The molecule has 0 radical (unpaired) electrons. The second-order valence-corrected chi connectivity index (χ2v) is 12.3. The maximum absolute atomic E-state index is 13.8. The highest BCUT2D eigenvalue weighted by atomic mass is 16.5. The minimum absolute atomic E-state index is 0.176. The first-order valence-corrected chi connectivity index (χ1v) is 14.3. The molecule has 5 heteroatoms. The SMILES string of the molecule is CC1(C)COCCC[C@H]2CN(C3Cc4ccccc4C3)CC[C@H]2CC(=O)N(Cc2ccccc2)C[C@@H]1O. The molecular formula is C32H44N2O3. The number of piperidine rings is 1. The van der Waals surface area contributed by atoms with Gasteiger partial charge in [-0.1, -0.05) is 68.4 Å². The van der Waals surface area contributed by atoms with E-state index in [9.17, 15) is 9.90 Å². The summed E-state index contributed by atoms with van der Waals surface area (Å²) in [6, 6.07) is 19.6. The van der Waals surface area contributed by atoms with E-state index in [2.05, 4.69) is 41.3 Å². The molecule has 2 aliphatic heterocycles. The average Bonchev–Trinajstić information content (AvgIpc) is 3.33. The molecule has 200 valence electrons. The van der Waals surface area contributed by atoms with E-state index >= 15 is 0 Å². The number of carbonyl (C=O) groups excluding carboxylic acids is 1. The number of amides is 1. The first-order valence-electron chi connectivity index (χ1n) is 14.3. The van der Waals surface area contributed by atoms with Gasteiger partial charge in [0.2, 0.25) is 5.91 Å². The lowest BCUT2D eigenvalue weighted by molar-refractivity contribution is -0.137. The molecule has 5 nitrogen and oxygen atoms in total. The zero-order chi connectivity index (χ0) is 25.8. The summed E-state index contributed by atoms with van der Waals surface area (Å²) in [5.41, 5.74) is 3.70. The molecule has 2 aromatic carbocycles. The van der Waals surface area contributed by atoms with Gasteiger partial charge in [0.15, 0.2) is 0 Å². The van der Waals surface area contributed by atoms with Gasteiger partial charge in [-0.3, -0.25) is 9.69 Å². The molecule has 0 aromatic heterocycles. The fourth-order valence-corrected chi connectivity index (χ4v) is 6.58. The summed E-state index contributed by atoms with van der Waals surface area (Å²) in [7, 11) is 0. The van der Waals surface area contributed by atoms with Crippen LogP contribution in [0, 0.1) is 17.3 Å². The molecule has 2 saturated heterocycles. The molecule has 2 heterocycles. The smallest absolute Gasteiger partial charge is 0.223 e. The quantitative estimate of drug-likeness (QED) is 0.658. The molecule has 1 amide bonds. The Kier molecular flexibility index (Phi) is 8.33.